The predicted molar refractivity (Wildman–Crippen MR) is 91.7 cm³/mol. The average molecular weight is 369 g/mol. The van der Waals surface area contributed by atoms with Gasteiger partial charge in [0, 0.05) is 5.02 Å². The van der Waals surface area contributed by atoms with Crippen LogP contribution < -0.4 is 10.7 Å². The Kier molecular flexibility index (Phi) is 6.62. The molecule has 1 aromatic rings. The number of amides is 1. The molecule has 6 N–H and O–H groups in total. The zero-order chi connectivity index (χ0) is 18.4. The van der Waals surface area contributed by atoms with Crippen LogP contribution in [-0.2, 0) is 4.79 Å². The van der Waals surface area contributed by atoms with E-state index in [9.17, 15) is 20.1 Å². The fraction of sp³-hybridized carbons (Fsp3) is 0.267. The number of aliphatic hydroxyl groups is 4. The molecule has 3 atom stereocenters. The molecule has 0 radical (unpaired) electrons. The first kappa shape index (κ1) is 19.0. The fourth-order valence-electron chi connectivity index (χ4n) is 1.84. The number of hydrazone groups is 1. The van der Waals surface area contributed by atoms with E-state index in [1.165, 1.54) is 0 Å². The van der Waals surface area contributed by atoms with Crippen molar-refractivity contribution < 1.29 is 25.2 Å². The Bertz CT molecular complexity index is 704. The van der Waals surface area contributed by atoms with Crippen molar-refractivity contribution in [1.29, 1.82) is 0 Å². The molecule has 9 nitrogen and oxygen atoms in total. The van der Waals surface area contributed by atoms with Crippen molar-refractivity contribution >= 4 is 35.8 Å². The second-order valence-corrected chi connectivity index (χ2v) is 5.55. The highest BCUT2D eigenvalue weighted by atomic mass is 35.5. The Morgan fingerprint density at radius 1 is 1.28 bits per heavy atom. The predicted octanol–water partition coefficient (Wildman–Crippen LogP) is -1.18. The van der Waals surface area contributed by atoms with Gasteiger partial charge in [-0.3, -0.25) is 10.1 Å². The lowest BCUT2D eigenvalue weighted by molar-refractivity contribution is -0.115. The first-order chi connectivity index (χ1) is 11.9. The van der Waals surface area contributed by atoms with E-state index in [4.69, 9.17) is 16.7 Å². The average Bonchev–Trinajstić information content (AvgIpc) is 2.94. The second kappa shape index (κ2) is 8.70. The summed E-state index contributed by atoms with van der Waals surface area (Å²) < 4.78 is 0. The summed E-state index contributed by atoms with van der Waals surface area (Å²) in [6, 6.07) is 6.82. The molecule has 1 aliphatic rings. The molecule has 0 fully saturated rings. The minimum absolute atomic E-state index is 0.0332. The Hall–Kier alpha value is -2.30. The molecule has 0 aliphatic carbocycles. The van der Waals surface area contributed by atoms with Gasteiger partial charge in [-0.2, -0.15) is 5.10 Å². The van der Waals surface area contributed by atoms with E-state index < -0.39 is 30.8 Å². The molecule has 0 saturated carbocycles. The number of nitrogens with zero attached hydrogens (tertiary/aromatic N) is 2. The molecule has 1 heterocycles. The number of halogens is 1. The summed E-state index contributed by atoms with van der Waals surface area (Å²) in [5.74, 6) is -0.408. The van der Waals surface area contributed by atoms with E-state index in [0.717, 1.165) is 11.8 Å². The molecule has 0 bridgehead atoms. The van der Waals surface area contributed by atoms with E-state index in [2.05, 4.69) is 20.8 Å². The van der Waals surface area contributed by atoms with Crippen LogP contribution in [0.1, 0.15) is 5.56 Å². The van der Waals surface area contributed by atoms with Gasteiger partial charge in [0.1, 0.15) is 24.0 Å². The smallest absolute Gasteiger partial charge is 0.276 e. The maximum atomic E-state index is 11.8. The number of carbonyl (C=O) groups excluding carboxylic acids is 1. The third kappa shape index (κ3) is 5.34. The molecule has 0 spiro atoms. The zero-order valence-electron chi connectivity index (χ0n) is 12.9. The highest BCUT2D eigenvalue weighted by molar-refractivity contribution is 6.30. The van der Waals surface area contributed by atoms with Crippen molar-refractivity contribution in [2.24, 2.45) is 10.1 Å². The molecular weight excluding hydrogens is 352 g/mol. The molecule has 1 aromatic carbocycles. The molecule has 0 saturated heterocycles. The highest BCUT2D eigenvalue weighted by Gasteiger charge is 2.23. The van der Waals surface area contributed by atoms with Gasteiger partial charge in [-0.15, -0.1) is 0 Å². The molecular formula is C15H17ClN4O5. The van der Waals surface area contributed by atoms with Crippen LogP contribution in [0.2, 0.25) is 5.02 Å². The summed E-state index contributed by atoms with van der Waals surface area (Å²) in [5.41, 5.74) is 3.28. The Labute approximate surface area is 148 Å². The van der Waals surface area contributed by atoms with Crippen LogP contribution in [0.15, 0.2) is 40.1 Å². The van der Waals surface area contributed by atoms with Gasteiger partial charge in [-0.25, -0.2) is 10.4 Å². The summed E-state index contributed by atoms with van der Waals surface area (Å²) in [4.78, 5) is 15.8. The van der Waals surface area contributed by atoms with Crippen molar-refractivity contribution in [3.05, 3.63) is 40.5 Å². The van der Waals surface area contributed by atoms with Crippen LogP contribution >= 0.6 is 11.6 Å². The molecule has 25 heavy (non-hydrogen) atoms. The van der Waals surface area contributed by atoms with Gasteiger partial charge in [-0.05, 0) is 23.8 Å². The number of rotatable bonds is 6. The number of hydrogen-bond acceptors (Lipinski definition) is 8. The first-order valence-corrected chi connectivity index (χ1v) is 7.60. The van der Waals surface area contributed by atoms with Crippen LogP contribution in [0.5, 0.6) is 0 Å². The van der Waals surface area contributed by atoms with Gasteiger partial charge < -0.3 is 20.4 Å². The minimum Gasteiger partial charge on any atom is -0.394 e. The Balaban J connectivity index is 1.98. The van der Waals surface area contributed by atoms with Gasteiger partial charge >= 0.3 is 0 Å². The summed E-state index contributed by atoms with van der Waals surface area (Å²) in [7, 11) is 0. The SMILES string of the molecule is O=C1NC(NN=CC(O)C(O)C(O)CO)=N/C1=C/c1ccc(Cl)cc1. The lowest BCUT2D eigenvalue weighted by Gasteiger charge is -2.17. The Morgan fingerprint density at radius 3 is 2.60 bits per heavy atom. The van der Waals surface area contributed by atoms with Gasteiger partial charge in [0.2, 0.25) is 5.96 Å². The van der Waals surface area contributed by atoms with Crippen molar-refractivity contribution in [3.63, 3.8) is 0 Å². The van der Waals surface area contributed by atoms with E-state index >= 15 is 0 Å². The third-order valence-electron chi connectivity index (χ3n) is 3.20. The van der Waals surface area contributed by atoms with Crippen LogP contribution in [0, 0.1) is 0 Å². The molecule has 2 rings (SSSR count). The number of hydrogen-bond donors (Lipinski definition) is 6. The summed E-state index contributed by atoms with van der Waals surface area (Å²) in [5, 5.41) is 43.5. The van der Waals surface area contributed by atoms with Gasteiger partial charge in [0.05, 0.1) is 12.8 Å². The number of carbonyl (C=O) groups is 1. The van der Waals surface area contributed by atoms with Gasteiger partial charge in [-0.1, -0.05) is 23.7 Å². The van der Waals surface area contributed by atoms with Crippen molar-refractivity contribution in [2.75, 3.05) is 6.61 Å². The zero-order valence-corrected chi connectivity index (χ0v) is 13.6. The summed E-state index contributed by atoms with van der Waals surface area (Å²) >= 11 is 5.79. The normalized spacial score (nSPS) is 19.6. The van der Waals surface area contributed by atoms with Crippen molar-refractivity contribution in [1.82, 2.24) is 10.7 Å². The summed E-state index contributed by atoms with van der Waals surface area (Å²) in [6.45, 7) is -0.707. The largest absolute Gasteiger partial charge is 0.394 e. The topological polar surface area (TPSA) is 147 Å². The maximum absolute atomic E-state index is 11.8. The quantitative estimate of drug-likeness (QED) is 0.211. The van der Waals surface area contributed by atoms with Crippen LogP contribution in [0.25, 0.3) is 6.08 Å². The minimum atomic E-state index is -1.60. The van der Waals surface area contributed by atoms with Crippen LogP contribution in [0.3, 0.4) is 0 Å². The summed E-state index contributed by atoms with van der Waals surface area (Å²) in [6.07, 6.45) is -2.16. The van der Waals surface area contributed by atoms with Crippen molar-refractivity contribution in [3.8, 4) is 0 Å². The van der Waals surface area contributed by atoms with E-state index in [1.54, 1.807) is 30.3 Å². The highest BCUT2D eigenvalue weighted by Crippen LogP contribution is 2.14. The van der Waals surface area contributed by atoms with Gasteiger partial charge in [0.25, 0.3) is 5.91 Å². The third-order valence-corrected chi connectivity index (χ3v) is 3.45. The maximum Gasteiger partial charge on any atom is 0.276 e. The lowest BCUT2D eigenvalue weighted by Crippen LogP contribution is -2.41. The second-order valence-electron chi connectivity index (χ2n) is 5.12. The van der Waals surface area contributed by atoms with Crippen molar-refractivity contribution in [2.45, 2.75) is 18.3 Å². The van der Waals surface area contributed by atoms with Crippen LogP contribution in [-0.4, -0.2) is 63.4 Å². The number of aliphatic imine (C=N–C) groups is 1. The number of aliphatic hydroxyl groups excluding tert-OH is 4. The number of guanidine groups is 1. The first-order valence-electron chi connectivity index (χ1n) is 7.22. The molecule has 0 aromatic heterocycles. The number of nitrogens with one attached hydrogen (secondary N) is 2. The van der Waals surface area contributed by atoms with E-state index in [0.29, 0.717) is 5.02 Å². The fourth-order valence-corrected chi connectivity index (χ4v) is 1.96. The lowest BCUT2D eigenvalue weighted by atomic mass is 10.1. The molecule has 134 valence electrons. The van der Waals surface area contributed by atoms with E-state index in [1.807, 2.05) is 0 Å². The van der Waals surface area contributed by atoms with Crippen LogP contribution in [0.4, 0.5) is 0 Å². The number of benzene rings is 1. The monoisotopic (exact) mass is 368 g/mol. The molecule has 1 amide bonds. The molecule has 1 aliphatic heterocycles. The Morgan fingerprint density at radius 2 is 1.96 bits per heavy atom. The molecule has 10 heteroatoms. The van der Waals surface area contributed by atoms with E-state index in [-0.39, 0.29) is 11.7 Å². The van der Waals surface area contributed by atoms with Gasteiger partial charge in [0.15, 0.2) is 0 Å². The molecule has 3 unspecified atom stereocenters. The standard InChI is InChI=1S/C15H17ClN4O5/c16-9-3-1-8(2-4-9)5-10-14(25)19-15(18-10)20-17-6-11(22)13(24)12(23)7-21/h1-6,11-13,21-24H,7H2,(H2,18,19,20,25)/b10-5+,17-6?.